The highest BCUT2D eigenvalue weighted by Gasteiger charge is 2.03. The smallest absolute Gasteiger partial charge is 0.114 e. The Morgan fingerprint density at radius 1 is 1.53 bits per heavy atom. The predicted molar refractivity (Wildman–Crippen MR) is 60.5 cm³/mol. The van der Waals surface area contributed by atoms with Gasteiger partial charge in [-0.15, -0.1) is 0 Å². The molecule has 0 radical (unpaired) electrons. The Labute approximate surface area is 90.7 Å². The van der Waals surface area contributed by atoms with E-state index in [2.05, 4.69) is 11.4 Å². The molecule has 80 valence electrons. The number of rotatable bonds is 5. The molecule has 0 aliphatic carbocycles. The van der Waals surface area contributed by atoms with Crippen molar-refractivity contribution in [3.05, 3.63) is 29.8 Å². The molecule has 1 unspecified atom stereocenters. The van der Waals surface area contributed by atoms with E-state index in [0.29, 0.717) is 6.61 Å². The molecule has 1 aromatic carbocycles. The molecule has 0 saturated carbocycles. The SMILES string of the molecule is CCC(C#N)Nc1cccc(COC)c1. The summed E-state index contributed by atoms with van der Waals surface area (Å²) in [5, 5.41) is 12.0. The highest BCUT2D eigenvalue weighted by molar-refractivity contribution is 5.47. The summed E-state index contributed by atoms with van der Waals surface area (Å²) >= 11 is 0. The molecule has 1 aromatic rings. The molecule has 0 saturated heterocycles. The van der Waals surface area contributed by atoms with Gasteiger partial charge in [-0.2, -0.15) is 5.26 Å². The number of nitrogens with zero attached hydrogens (tertiary/aromatic N) is 1. The number of methoxy groups -OCH3 is 1. The number of benzene rings is 1. The third-order valence-electron chi connectivity index (χ3n) is 2.14. The maximum atomic E-state index is 8.82. The number of anilines is 1. The third kappa shape index (κ3) is 3.61. The lowest BCUT2D eigenvalue weighted by Gasteiger charge is -2.11. The van der Waals surface area contributed by atoms with Gasteiger partial charge in [0.1, 0.15) is 6.04 Å². The summed E-state index contributed by atoms with van der Waals surface area (Å²) in [6.07, 6.45) is 0.797. The van der Waals surface area contributed by atoms with Crippen LogP contribution in [0.4, 0.5) is 5.69 Å². The summed E-state index contributed by atoms with van der Waals surface area (Å²) in [6.45, 7) is 2.58. The molecule has 0 bridgehead atoms. The van der Waals surface area contributed by atoms with Gasteiger partial charge >= 0.3 is 0 Å². The highest BCUT2D eigenvalue weighted by Crippen LogP contribution is 2.13. The Kier molecular flexibility index (Phi) is 4.65. The van der Waals surface area contributed by atoms with E-state index in [9.17, 15) is 0 Å². The molecule has 0 amide bonds. The van der Waals surface area contributed by atoms with Gasteiger partial charge in [0.25, 0.3) is 0 Å². The van der Waals surface area contributed by atoms with Crippen molar-refractivity contribution in [1.29, 1.82) is 5.26 Å². The first kappa shape index (κ1) is 11.5. The van der Waals surface area contributed by atoms with E-state index in [0.717, 1.165) is 17.7 Å². The molecule has 3 nitrogen and oxygen atoms in total. The summed E-state index contributed by atoms with van der Waals surface area (Å²) in [6, 6.07) is 10.0. The van der Waals surface area contributed by atoms with Crippen molar-refractivity contribution in [2.24, 2.45) is 0 Å². The molecular formula is C12H16N2O. The van der Waals surface area contributed by atoms with Gasteiger partial charge in [0.15, 0.2) is 0 Å². The van der Waals surface area contributed by atoms with Crippen LogP contribution in [-0.2, 0) is 11.3 Å². The lowest BCUT2D eigenvalue weighted by molar-refractivity contribution is 0.185. The van der Waals surface area contributed by atoms with Crippen LogP contribution in [0.5, 0.6) is 0 Å². The van der Waals surface area contributed by atoms with Crippen LogP contribution in [0.15, 0.2) is 24.3 Å². The zero-order chi connectivity index (χ0) is 11.1. The van der Waals surface area contributed by atoms with Crippen LogP contribution in [0.3, 0.4) is 0 Å². The lowest BCUT2D eigenvalue weighted by Crippen LogP contribution is -2.15. The van der Waals surface area contributed by atoms with Gasteiger partial charge in [-0.25, -0.2) is 0 Å². The average Bonchev–Trinajstić information content (AvgIpc) is 2.27. The van der Waals surface area contributed by atoms with E-state index in [1.54, 1.807) is 7.11 Å². The Balaban J connectivity index is 2.69. The van der Waals surface area contributed by atoms with Crippen LogP contribution in [0.25, 0.3) is 0 Å². The molecule has 1 rings (SSSR count). The van der Waals surface area contributed by atoms with Crippen LogP contribution in [0.1, 0.15) is 18.9 Å². The Bertz CT molecular complexity index is 344. The molecule has 0 fully saturated rings. The second kappa shape index (κ2) is 6.05. The predicted octanol–water partition coefficient (Wildman–Crippen LogP) is 2.55. The molecule has 0 heterocycles. The van der Waals surface area contributed by atoms with Gasteiger partial charge in [0.2, 0.25) is 0 Å². The van der Waals surface area contributed by atoms with Crippen LogP contribution >= 0.6 is 0 Å². The second-order valence-electron chi connectivity index (χ2n) is 3.37. The zero-order valence-corrected chi connectivity index (χ0v) is 9.16. The zero-order valence-electron chi connectivity index (χ0n) is 9.16. The molecule has 0 aromatic heterocycles. The lowest BCUT2D eigenvalue weighted by atomic mass is 10.2. The molecule has 15 heavy (non-hydrogen) atoms. The summed E-state index contributed by atoms with van der Waals surface area (Å²) in [5.74, 6) is 0. The quantitative estimate of drug-likeness (QED) is 0.801. The number of nitriles is 1. The van der Waals surface area contributed by atoms with Gasteiger partial charge < -0.3 is 10.1 Å². The summed E-state index contributed by atoms with van der Waals surface area (Å²) < 4.78 is 5.05. The maximum absolute atomic E-state index is 8.82. The fourth-order valence-electron chi connectivity index (χ4n) is 1.34. The minimum absolute atomic E-state index is 0.122. The van der Waals surface area contributed by atoms with Gasteiger partial charge in [0.05, 0.1) is 12.7 Å². The van der Waals surface area contributed by atoms with Crippen LogP contribution in [0.2, 0.25) is 0 Å². The van der Waals surface area contributed by atoms with E-state index in [-0.39, 0.29) is 6.04 Å². The van der Waals surface area contributed by atoms with E-state index >= 15 is 0 Å². The molecular weight excluding hydrogens is 188 g/mol. The first-order valence-corrected chi connectivity index (χ1v) is 5.04. The standard InChI is InChI=1S/C12H16N2O/c1-3-11(8-13)14-12-6-4-5-10(7-12)9-15-2/h4-7,11,14H,3,9H2,1-2H3. The molecule has 1 atom stereocenters. The van der Waals surface area contributed by atoms with E-state index in [1.807, 2.05) is 31.2 Å². The molecule has 0 aliphatic heterocycles. The molecule has 0 aliphatic rings. The van der Waals surface area contributed by atoms with Gasteiger partial charge in [-0.05, 0) is 24.1 Å². The third-order valence-corrected chi connectivity index (χ3v) is 2.14. The molecule has 0 spiro atoms. The highest BCUT2D eigenvalue weighted by atomic mass is 16.5. The number of nitrogens with one attached hydrogen (secondary N) is 1. The molecule has 3 heteroatoms. The Morgan fingerprint density at radius 2 is 2.33 bits per heavy atom. The van der Waals surface area contributed by atoms with Crippen LogP contribution < -0.4 is 5.32 Å². The average molecular weight is 204 g/mol. The topological polar surface area (TPSA) is 45.0 Å². The van der Waals surface area contributed by atoms with Gasteiger partial charge in [0, 0.05) is 12.8 Å². The summed E-state index contributed by atoms with van der Waals surface area (Å²) in [5.41, 5.74) is 2.08. The summed E-state index contributed by atoms with van der Waals surface area (Å²) in [4.78, 5) is 0. The van der Waals surface area contributed by atoms with Crippen LogP contribution in [-0.4, -0.2) is 13.2 Å². The van der Waals surface area contributed by atoms with Crippen molar-refractivity contribution in [2.45, 2.75) is 26.0 Å². The number of ether oxygens (including phenoxy) is 1. The fourth-order valence-corrected chi connectivity index (χ4v) is 1.34. The largest absolute Gasteiger partial charge is 0.380 e. The van der Waals surface area contributed by atoms with E-state index in [1.165, 1.54) is 0 Å². The normalized spacial score (nSPS) is 11.8. The molecule has 1 N–H and O–H groups in total. The monoisotopic (exact) mass is 204 g/mol. The second-order valence-corrected chi connectivity index (χ2v) is 3.37. The fraction of sp³-hybridized carbons (Fsp3) is 0.417. The Morgan fingerprint density at radius 3 is 2.93 bits per heavy atom. The first-order valence-electron chi connectivity index (χ1n) is 5.04. The Hall–Kier alpha value is -1.53. The van der Waals surface area contributed by atoms with E-state index < -0.39 is 0 Å². The maximum Gasteiger partial charge on any atom is 0.114 e. The first-order chi connectivity index (χ1) is 7.30. The minimum Gasteiger partial charge on any atom is -0.380 e. The summed E-state index contributed by atoms with van der Waals surface area (Å²) in [7, 11) is 1.67. The van der Waals surface area contributed by atoms with Crippen LogP contribution in [0, 0.1) is 11.3 Å². The van der Waals surface area contributed by atoms with Crippen molar-refractivity contribution >= 4 is 5.69 Å². The van der Waals surface area contributed by atoms with Crippen molar-refractivity contribution in [3.63, 3.8) is 0 Å². The number of hydrogen-bond donors (Lipinski definition) is 1. The van der Waals surface area contributed by atoms with E-state index in [4.69, 9.17) is 10.00 Å². The van der Waals surface area contributed by atoms with Crippen molar-refractivity contribution in [1.82, 2.24) is 0 Å². The van der Waals surface area contributed by atoms with Gasteiger partial charge in [-0.3, -0.25) is 0 Å². The minimum atomic E-state index is -0.122. The van der Waals surface area contributed by atoms with Crippen molar-refractivity contribution in [2.75, 3.05) is 12.4 Å². The van der Waals surface area contributed by atoms with Crippen molar-refractivity contribution in [3.8, 4) is 6.07 Å². The van der Waals surface area contributed by atoms with Gasteiger partial charge in [-0.1, -0.05) is 19.1 Å². The van der Waals surface area contributed by atoms with Crippen molar-refractivity contribution < 1.29 is 4.74 Å². The number of hydrogen-bond acceptors (Lipinski definition) is 3.